The lowest BCUT2D eigenvalue weighted by atomic mass is 9.98. The lowest BCUT2D eigenvalue weighted by Gasteiger charge is -2.05. The van der Waals surface area contributed by atoms with Crippen LogP contribution in [0.25, 0.3) is 82.1 Å². The highest BCUT2D eigenvalue weighted by Crippen LogP contribution is 2.40. The van der Waals surface area contributed by atoms with Crippen molar-refractivity contribution < 1.29 is 19.0 Å². The van der Waals surface area contributed by atoms with Crippen molar-refractivity contribution in [1.82, 2.24) is 0 Å². The molecule has 0 radical (unpaired) electrons. The number of rotatable bonds is 4. The summed E-state index contributed by atoms with van der Waals surface area (Å²) in [5.41, 5.74) is 7.48. The van der Waals surface area contributed by atoms with Crippen molar-refractivity contribution in [2.24, 2.45) is 0 Å². The summed E-state index contributed by atoms with van der Waals surface area (Å²) in [6.45, 7) is 5.51. The molecule has 0 spiro atoms. The van der Waals surface area contributed by atoms with Gasteiger partial charge >= 0.3 is 0 Å². The molecule has 6 aromatic carbocycles. The molecule has 0 saturated carbocycles. The molecule has 0 amide bonds. The third-order valence-corrected chi connectivity index (χ3v) is 8.28. The first-order valence-electron chi connectivity index (χ1n) is 14.2. The summed E-state index contributed by atoms with van der Waals surface area (Å²) in [6.07, 6.45) is 5.47. The van der Waals surface area contributed by atoms with Crippen molar-refractivity contribution in [3.8, 4) is 16.9 Å². The van der Waals surface area contributed by atoms with E-state index in [1.54, 1.807) is 18.2 Å². The quantitative estimate of drug-likeness (QED) is 0.167. The number of phenolic OH excluding ortho intramolecular Hbond substituents is 1. The first-order chi connectivity index (χ1) is 20.9. The van der Waals surface area contributed by atoms with Crippen LogP contribution in [0.15, 0.2) is 136 Å². The van der Waals surface area contributed by atoms with Crippen LogP contribution in [0, 0.1) is 0 Å². The van der Waals surface area contributed by atoms with E-state index >= 15 is 0 Å². The molecule has 0 unspecified atom stereocenters. The van der Waals surface area contributed by atoms with Gasteiger partial charge in [-0.3, -0.25) is 0 Å². The summed E-state index contributed by atoms with van der Waals surface area (Å²) < 4.78 is 12.8. The molecule has 2 aromatic heterocycles. The SMILES string of the molecule is C=C(O)/C=C\C(=C/C)c1ccc2cc3c(cc2c1)oc1cc2c(cc13)oc1cc3cc(-c4ccc(O)cc4)ccc3cc12. The highest BCUT2D eigenvalue weighted by Gasteiger charge is 2.15. The maximum Gasteiger partial charge on any atom is 0.136 e. The van der Waals surface area contributed by atoms with Crippen LogP contribution in [0.1, 0.15) is 12.5 Å². The van der Waals surface area contributed by atoms with Crippen molar-refractivity contribution in [1.29, 1.82) is 0 Å². The van der Waals surface area contributed by atoms with Crippen molar-refractivity contribution in [3.05, 3.63) is 133 Å². The molecular weight excluding hydrogens is 532 g/mol. The molecule has 43 heavy (non-hydrogen) atoms. The zero-order valence-corrected chi connectivity index (χ0v) is 23.4. The van der Waals surface area contributed by atoms with Crippen molar-refractivity contribution in [2.45, 2.75) is 6.92 Å². The molecule has 0 fully saturated rings. The summed E-state index contributed by atoms with van der Waals surface area (Å²) in [7, 11) is 0. The van der Waals surface area contributed by atoms with Crippen LogP contribution in [0.2, 0.25) is 0 Å². The number of aliphatic hydroxyl groups excluding tert-OH is 1. The van der Waals surface area contributed by atoms with Gasteiger partial charge in [0.25, 0.3) is 0 Å². The number of fused-ring (bicyclic) bond motifs is 8. The second kappa shape index (κ2) is 9.40. The van der Waals surface area contributed by atoms with E-state index in [0.717, 1.165) is 87.7 Å². The predicted molar refractivity (Wildman–Crippen MR) is 178 cm³/mol. The van der Waals surface area contributed by atoms with Gasteiger partial charge in [0.15, 0.2) is 0 Å². The minimum absolute atomic E-state index is 0.0237. The second-order valence-electron chi connectivity index (χ2n) is 11.0. The second-order valence-corrected chi connectivity index (χ2v) is 11.0. The number of hydrogen-bond acceptors (Lipinski definition) is 4. The minimum atomic E-state index is 0.0237. The zero-order valence-electron chi connectivity index (χ0n) is 23.4. The number of hydrogen-bond donors (Lipinski definition) is 2. The smallest absolute Gasteiger partial charge is 0.136 e. The Hall–Kier alpha value is -5.74. The van der Waals surface area contributed by atoms with Crippen molar-refractivity contribution in [2.75, 3.05) is 0 Å². The zero-order chi connectivity index (χ0) is 29.2. The Kier molecular flexibility index (Phi) is 5.47. The number of furan rings is 2. The summed E-state index contributed by atoms with van der Waals surface area (Å²) >= 11 is 0. The highest BCUT2D eigenvalue weighted by atomic mass is 16.3. The Balaban J connectivity index is 1.25. The Bertz CT molecular complexity index is 2480. The molecule has 2 heterocycles. The molecule has 0 aliphatic heterocycles. The van der Waals surface area contributed by atoms with Crippen LogP contribution < -0.4 is 0 Å². The van der Waals surface area contributed by atoms with Gasteiger partial charge in [0, 0.05) is 21.5 Å². The largest absolute Gasteiger partial charge is 0.509 e. The average Bonchev–Trinajstić information content (AvgIpc) is 3.53. The van der Waals surface area contributed by atoms with Gasteiger partial charge in [-0.15, -0.1) is 0 Å². The van der Waals surface area contributed by atoms with Gasteiger partial charge < -0.3 is 19.0 Å². The number of benzene rings is 6. The first kappa shape index (κ1) is 25.0. The Morgan fingerprint density at radius 1 is 0.581 bits per heavy atom. The van der Waals surface area contributed by atoms with Crippen LogP contribution in [-0.4, -0.2) is 10.2 Å². The Morgan fingerprint density at radius 3 is 1.72 bits per heavy atom. The number of aromatic hydroxyl groups is 1. The van der Waals surface area contributed by atoms with E-state index in [2.05, 4.69) is 79.4 Å². The van der Waals surface area contributed by atoms with Crippen LogP contribution in [0.3, 0.4) is 0 Å². The van der Waals surface area contributed by atoms with E-state index in [1.807, 2.05) is 31.2 Å². The monoisotopic (exact) mass is 558 g/mol. The average molecular weight is 559 g/mol. The van der Waals surface area contributed by atoms with Gasteiger partial charge in [0.1, 0.15) is 33.8 Å². The van der Waals surface area contributed by atoms with E-state index in [9.17, 15) is 10.2 Å². The molecule has 2 N–H and O–H groups in total. The van der Waals surface area contributed by atoms with E-state index in [0.29, 0.717) is 0 Å². The fraction of sp³-hybridized carbons (Fsp3) is 0.0256. The van der Waals surface area contributed by atoms with Gasteiger partial charge in [-0.25, -0.2) is 0 Å². The van der Waals surface area contributed by atoms with E-state index in [1.165, 1.54) is 0 Å². The van der Waals surface area contributed by atoms with Gasteiger partial charge in [-0.05, 0) is 117 Å². The fourth-order valence-corrected chi connectivity index (χ4v) is 6.09. The Morgan fingerprint density at radius 2 is 1.12 bits per heavy atom. The number of aliphatic hydroxyl groups is 1. The van der Waals surface area contributed by atoms with Gasteiger partial charge in [-0.2, -0.15) is 0 Å². The minimum Gasteiger partial charge on any atom is -0.509 e. The molecule has 4 nitrogen and oxygen atoms in total. The van der Waals surface area contributed by atoms with Gasteiger partial charge in [0.2, 0.25) is 0 Å². The normalized spacial score (nSPS) is 12.6. The number of phenols is 1. The highest BCUT2D eigenvalue weighted by molar-refractivity contribution is 6.18. The van der Waals surface area contributed by atoms with Crippen molar-refractivity contribution >= 4 is 71.0 Å². The lowest BCUT2D eigenvalue weighted by molar-refractivity contribution is 0.435. The number of allylic oxidation sites excluding steroid dienone is 4. The lowest BCUT2D eigenvalue weighted by Crippen LogP contribution is -1.83. The van der Waals surface area contributed by atoms with Crippen LogP contribution in [0.5, 0.6) is 5.75 Å². The summed E-state index contributed by atoms with van der Waals surface area (Å²) in [4.78, 5) is 0. The van der Waals surface area contributed by atoms with Gasteiger partial charge in [-0.1, -0.05) is 55.1 Å². The molecule has 8 rings (SSSR count). The molecule has 0 saturated heterocycles. The van der Waals surface area contributed by atoms with Crippen LogP contribution in [-0.2, 0) is 0 Å². The summed E-state index contributed by atoms with van der Waals surface area (Å²) in [6, 6.07) is 32.7. The first-order valence-corrected chi connectivity index (χ1v) is 14.2. The van der Waals surface area contributed by atoms with E-state index < -0.39 is 0 Å². The fourth-order valence-electron chi connectivity index (χ4n) is 6.09. The van der Waals surface area contributed by atoms with E-state index in [4.69, 9.17) is 8.83 Å². The van der Waals surface area contributed by atoms with Crippen LogP contribution in [0.4, 0.5) is 0 Å². The molecule has 0 bridgehead atoms. The van der Waals surface area contributed by atoms with Crippen molar-refractivity contribution in [3.63, 3.8) is 0 Å². The van der Waals surface area contributed by atoms with E-state index in [-0.39, 0.29) is 11.5 Å². The Labute approximate surface area is 246 Å². The summed E-state index contributed by atoms with van der Waals surface area (Å²) in [5.74, 6) is 0.281. The predicted octanol–water partition coefficient (Wildman–Crippen LogP) is 11.2. The summed E-state index contributed by atoms with van der Waals surface area (Å²) in [5, 5.41) is 27.7. The van der Waals surface area contributed by atoms with Gasteiger partial charge in [0.05, 0.1) is 0 Å². The third kappa shape index (κ3) is 4.15. The molecule has 8 aromatic rings. The van der Waals surface area contributed by atoms with Crippen LogP contribution >= 0.6 is 0 Å². The third-order valence-electron chi connectivity index (χ3n) is 8.28. The topological polar surface area (TPSA) is 66.7 Å². The molecule has 0 aliphatic rings. The molecule has 206 valence electrons. The maximum absolute atomic E-state index is 9.66. The molecule has 0 atom stereocenters. The maximum atomic E-state index is 9.66. The molecular formula is C39H26O4. The molecule has 4 heteroatoms. The molecule has 0 aliphatic carbocycles. The standard InChI is InChI=1S/C39H26O4/c1-3-23(5-4-22(2)40)25-6-8-27-16-32-34-20-39-35(21-38(34)42-36(32)18-29(27)14-25)33-17-28-9-7-26(15-30(28)19-37(33)43-39)24-10-12-31(41)13-11-24/h3-21,40-41H,2H2,1H3/b5-4-,23-3+.